The summed E-state index contributed by atoms with van der Waals surface area (Å²) in [6, 6.07) is 7.45. The highest BCUT2D eigenvalue weighted by molar-refractivity contribution is 7.92. The summed E-state index contributed by atoms with van der Waals surface area (Å²) in [6.07, 6.45) is 1.01. The minimum Gasteiger partial charge on any atom is -0.396 e. The maximum absolute atomic E-state index is 12.2. The Hall–Kier alpha value is -1.07. The molecule has 0 saturated carbocycles. The molecule has 0 aliphatic rings. The standard InChI is InChI=1S/C13H21NO3S/c1-3-14(13-8-6-12(2)7-9-13)18(16,17)11-5-4-10-15/h6-9,15H,3-5,10-11H2,1-2H3. The molecule has 0 spiro atoms. The molecule has 0 heterocycles. The van der Waals surface area contributed by atoms with E-state index in [4.69, 9.17) is 5.11 Å². The van der Waals surface area contributed by atoms with Crippen molar-refractivity contribution < 1.29 is 13.5 Å². The molecule has 0 aliphatic carbocycles. The lowest BCUT2D eigenvalue weighted by Gasteiger charge is -2.23. The number of hydrogen-bond donors (Lipinski definition) is 1. The van der Waals surface area contributed by atoms with E-state index < -0.39 is 10.0 Å². The summed E-state index contributed by atoms with van der Waals surface area (Å²) in [6.45, 7) is 4.25. The zero-order valence-corrected chi connectivity index (χ0v) is 11.8. The van der Waals surface area contributed by atoms with Crippen LogP contribution in [0.15, 0.2) is 24.3 Å². The van der Waals surface area contributed by atoms with E-state index >= 15 is 0 Å². The van der Waals surface area contributed by atoms with Gasteiger partial charge >= 0.3 is 0 Å². The molecule has 1 rings (SSSR count). The van der Waals surface area contributed by atoms with Gasteiger partial charge in [-0.3, -0.25) is 4.31 Å². The molecule has 1 N–H and O–H groups in total. The zero-order chi connectivity index (χ0) is 13.6. The Bertz CT molecular complexity index is 454. The number of hydrogen-bond acceptors (Lipinski definition) is 3. The molecule has 102 valence electrons. The Labute approximate surface area is 109 Å². The van der Waals surface area contributed by atoms with Crippen LogP contribution < -0.4 is 4.31 Å². The van der Waals surface area contributed by atoms with Gasteiger partial charge in [0.05, 0.1) is 11.4 Å². The molecule has 0 unspecified atom stereocenters. The predicted molar refractivity (Wildman–Crippen MR) is 74.3 cm³/mol. The molecule has 18 heavy (non-hydrogen) atoms. The van der Waals surface area contributed by atoms with Crippen LogP contribution in [0.3, 0.4) is 0 Å². The van der Waals surface area contributed by atoms with Crippen LogP contribution in [0.25, 0.3) is 0 Å². The van der Waals surface area contributed by atoms with Gasteiger partial charge < -0.3 is 5.11 Å². The molecule has 5 heteroatoms. The molecule has 0 aliphatic heterocycles. The highest BCUT2D eigenvalue weighted by Crippen LogP contribution is 2.19. The van der Waals surface area contributed by atoms with Crippen molar-refractivity contribution in [1.82, 2.24) is 0 Å². The first-order chi connectivity index (χ1) is 8.51. The van der Waals surface area contributed by atoms with E-state index in [2.05, 4.69) is 0 Å². The van der Waals surface area contributed by atoms with Gasteiger partial charge in [0.1, 0.15) is 0 Å². The third-order valence-electron chi connectivity index (χ3n) is 2.76. The molecule has 0 aromatic heterocycles. The second-order valence-electron chi connectivity index (χ2n) is 4.25. The third-order valence-corrected chi connectivity index (χ3v) is 4.70. The second-order valence-corrected chi connectivity index (χ2v) is 6.26. The van der Waals surface area contributed by atoms with Crippen molar-refractivity contribution in [2.75, 3.05) is 23.2 Å². The van der Waals surface area contributed by atoms with Gasteiger partial charge in [0.2, 0.25) is 10.0 Å². The molecule has 1 aromatic rings. The van der Waals surface area contributed by atoms with Crippen LogP contribution in [-0.2, 0) is 10.0 Å². The quantitative estimate of drug-likeness (QED) is 0.771. The van der Waals surface area contributed by atoms with Gasteiger partial charge in [0.25, 0.3) is 0 Å². The lowest BCUT2D eigenvalue weighted by atomic mass is 10.2. The lowest BCUT2D eigenvalue weighted by Crippen LogP contribution is -2.32. The zero-order valence-electron chi connectivity index (χ0n) is 11.0. The average Bonchev–Trinajstić information content (AvgIpc) is 2.32. The summed E-state index contributed by atoms with van der Waals surface area (Å²) in [5.74, 6) is 0.0786. The van der Waals surface area contributed by atoms with E-state index in [0.29, 0.717) is 25.1 Å². The molecule has 0 saturated heterocycles. The fourth-order valence-electron chi connectivity index (χ4n) is 1.76. The van der Waals surface area contributed by atoms with Crippen LogP contribution in [0.1, 0.15) is 25.3 Å². The van der Waals surface area contributed by atoms with Crippen LogP contribution in [0.2, 0.25) is 0 Å². The first-order valence-electron chi connectivity index (χ1n) is 6.19. The van der Waals surface area contributed by atoms with Gasteiger partial charge in [-0.25, -0.2) is 8.42 Å². The van der Waals surface area contributed by atoms with Gasteiger partial charge in [-0.05, 0) is 38.8 Å². The van der Waals surface area contributed by atoms with Gasteiger partial charge in [0, 0.05) is 13.2 Å². The molecule has 0 atom stereocenters. The lowest BCUT2D eigenvalue weighted by molar-refractivity contribution is 0.287. The minimum absolute atomic E-state index is 0.0339. The Kier molecular flexibility index (Phi) is 5.62. The van der Waals surface area contributed by atoms with Crippen molar-refractivity contribution in [3.8, 4) is 0 Å². The second kappa shape index (κ2) is 6.75. The summed E-state index contributed by atoms with van der Waals surface area (Å²) >= 11 is 0. The van der Waals surface area contributed by atoms with Gasteiger partial charge in [-0.15, -0.1) is 0 Å². The molecular formula is C13H21NO3S. The number of nitrogens with zero attached hydrogens (tertiary/aromatic N) is 1. The van der Waals surface area contributed by atoms with Crippen LogP contribution in [-0.4, -0.2) is 32.4 Å². The van der Waals surface area contributed by atoms with Gasteiger partial charge in [-0.2, -0.15) is 0 Å². The summed E-state index contributed by atoms with van der Waals surface area (Å²) in [5, 5.41) is 8.70. The number of benzene rings is 1. The van der Waals surface area contributed by atoms with Crippen molar-refractivity contribution >= 4 is 15.7 Å². The van der Waals surface area contributed by atoms with Crippen molar-refractivity contribution in [1.29, 1.82) is 0 Å². The molecule has 0 bridgehead atoms. The van der Waals surface area contributed by atoms with Crippen LogP contribution >= 0.6 is 0 Å². The van der Waals surface area contributed by atoms with Crippen LogP contribution in [0, 0.1) is 6.92 Å². The Morgan fingerprint density at radius 2 is 1.78 bits per heavy atom. The average molecular weight is 271 g/mol. The monoisotopic (exact) mass is 271 g/mol. The molecular weight excluding hydrogens is 250 g/mol. The van der Waals surface area contributed by atoms with E-state index in [-0.39, 0.29) is 12.4 Å². The van der Waals surface area contributed by atoms with E-state index in [9.17, 15) is 8.42 Å². The SMILES string of the molecule is CCN(c1ccc(C)cc1)S(=O)(=O)CCCCO. The Morgan fingerprint density at radius 1 is 1.17 bits per heavy atom. The Morgan fingerprint density at radius 3 is 2.28 bits per heavy atom. The maximum atomic E-state index is 12.2. The highest BCUT2D eigenvalue weighted by Gasteiger charge is 2.20. The van der Waals surface area contributed by atoms with Crippen LogP contribution in [0.5, 0.6) is 0 Å². The molecule has 0 radical (unpaired) electrons. The summed E-state index contributed by atoms with van der Waals surface area (Å²) in [7, 11) is -3.29. The Balaban J connectivity index is 2.85. The summed E-state index contributed by atoms with van der Waals surface area (Å²) < 4.78 is 25.8. The van der Waals surface area contributed by atoms with Crippen molar-refractivity contribution in [3.63, 3.8) is 0 Å². The summed E-state index contributed by atoms with van der Waals surface area (Å²) in [5.41, 5.74) is 1.81. The number of aryl methyl sites for hydroxylation is 1. The van der Waals surface area contributed by atoms with Crippen molar-refractivity contribution in [3.05, 3.63) is 29.8 Å². The van der Waals surface area contributed by atoms with E-state index in [1.807, 2.05) is 38.1 Å². The van der Waals surface area contributed by atoms with Gasteiger partial charge in [0.15, 0.2) is 0 Å². The highest BCUT2D eigenvalue weighted by atomic mass is 32.2. The molecule has 0 amide bonds. The third kappa shape index (κ3) is 3.99. The van der Waals surface area contributed by atoms with Gasteiger partial charge in [-0.1, -0.05) is 17.7 Å². The number of aliphatic hydroxyl groups excluding tert-OH is 1. The van der Waals surface area contributed by atoms with Crippen LogP contribution in [0.4, 0.5) is 5.69 Å². The normalized spacial score (nSPS) is 11.5. The number of sulfonamides is 1. The van der Waals surface area contributed by atoms with E-state index in [1.54, 1.807) is 0 Å². The number of anilines is 1. The molecule has 0 fully saturated rings. The van der Waals surface area contributed by atoms with E-state index in [0.717, 1.165) is 5.56 Å². The fourth-order valence-corrected chi connectivity index (χ4v) is 3.38. The predicted octanol–water partition coefficient (Wildman–Crippen LogP) is 1.92. The summed E-state index contributed by atoms with van der Waals surface area (Å²) in [4.78, 5) is 0. The largest absolute Gasteiger partial charge is 0.396 e. The first-order valence-corrected chi connectivity index (χ1v) is 7.80. The molecule has 4 nitrogen and oxygen atoms in total. The number of rotatable bonds is 7. The smallest absolute Gasteiger partial charge is 0.235 e. The minimum atomic E-state index is -3.29. The fraction of sp³-hybridized carbons (Fsp3) is 0.538. The number of unbranched alkanes of at least 4 members (excludes halogenated alkanes) is 1. The van der Waals surface area contributed by atoms with Crippen molar-refractivity contribution in [2.45, 2.75) is 26.7 Å². The topological polar surface area (TPSA) is 57.6 Å². The van der Waals surface area contributed by atoms with E-state index in [1.165, 1.54) is 4.31 Å². The maximum Gasteiger partial charge on any atom is 0.235 e. The molecule has 1 aromatic carbocycles. The van der Waals surface area contributed by atoms with Crippen molar-refractivity contribution in [2.24, 2.45) is 0 Å². The first kappa shape index (κ1) is 15.0. The number of aliphatic hydroxyl groups is 1.